The quantitative estimate of drug-likeness (QED) is 0.182. The van der Waals surface area contributed by atoms with Crippen molar-refractivity contribution in [3.63, 3.8) is 0 Å². The topological polar surface area (TPSA) is 91.1 Å². The van der Waals surface area contributed by atoms with Crippen molar-refractivity contribution < 1.29 is 28.2 Å². The van der Waals surface area contributed by atoms with Crippen molar-refractivity contribution in [1.29, 1.82) is 0 Å². The molecular weight excluding hydrogens is 650 g/mol. The van der Waals surface area contributed by atoms with Gasteiger partial charge >= 0.3 is 5.97 Å². The lowest BCUT2D eigenvalue weighted by Crippen LogP contribution is -2.50. The van der Waals surface area contributed by atoms with Gasteiger partial charge < -0.3 is 19.9 Å². The third-order valence-corrected chi connectivity index (χ3v) is 8.79. The molecule has 0 saturated heterocycles. The van der Waals surface area contributed by atoms with Crippen molar-refractivity contribution in [2.24, 2.45) is 5.73 Å². The van der Waals surface area contributed by atoms with Crippen LogP contribution in [-0.4, -0.2) is 48.6 Å². The Morgan fingerprint density at radius 1 is 1.00 bits per heavy atom. The highest BCUT2D eigenvalue weighted by Gasteiger charge is 2.54. The smallest absolute Gasteiger partial charge is 0.335 e. The van der Waals surface area contributed by atoms with E-state index in [1.165, 1.54) is 0 Å². The molecule has 1 saturated carbocycles. The molecule has 2 aliphatic rings. The van der Waals surface area contributed by atoms with Crippen LogP contribution in [0, 0.1) is 5.82 Å². The molecule has 0 aromatic heterocycles. The summed E-state index contributed by atoms with van der Waals surface area (Å²) in [6.07, 6.45) is 1.93. The van der Waals surface area contributed by atoms with Crippen molar-refractivity contribution in [3.05, 3.63) is 97.7 Å². The van der Waals surface area contributed by atoms with Gasteiger partial charge in [-0.05, 0) is 60.7 Å². The number of ether oxygens (including phenoxy) is 3. The van der Waals surface area contributed by atoms with Crippen molar-refractivity contribution in [1.82, 2.24) is 4.90 Å². The number of rotatable bonds is 11. The zero-order chi connectivity index (χ0) is 29.9. The van der Waals surface area contributed by atoms with Crippen LogP contribution in [0.2, 0.25) is 10.0 Å². The maximum Gasteiger partial charge on any atom is 0.335 e. The number of nitrogens with two attached hydrogens (primary N) is 1. The van der Waals surface area contributed by atoms with E-state index in [1.807, 2.05) is 53.4 Å². The lowest BCUT2D eigenvalue weighted by molar-refractivity contribution is -0.141. The van der Waals surface area contributed by atoms with Gasteiger partial charge in [0.25, 0.3) is 0 Å². The van der Waals surface area contributed by atoms with E-state index in [0.717, 1.165) is 33.3 Å². The van der Waals surface area contributed by atoms with Crippen LogP contribution in [0.3, 0.4) is 0 Å². The molecule has 3 aromatic carbocycles. The largest absolute Gasteiger partial charge is 0.490 e. The third-order valence-electron chi connectivity index (χ3n) is 7.46. The maximum absolute atomic E-state index is 13.4. The molecule has 5 rings (SSSR count). The fourth-order valence-corrected chi connectivity index (χ4v) is 6.01. The number of benzene rings is 3. The number of hydrogen-bond donors (Lipinski definition) is 1. The summed E-state index contributed by atoms with van der Waals surface area (Å²) >= 11 is 15.5. The first-order valence-electron chi connectivity index (χ1n) is 13.4. The van der Waals surface area contributed by atoms with Crippen LogP contribution >= 0.6 is 39.1 Å². The van der Waals surface area contributed by atoms with E-state index in [0.29, 0.717) is 37.1 Å². The van der Waals surface area contributed by atoms with Gasteiger partial charge in [0.2, 0.25) is 5.91 Å². The molecular formula is C31H28BrCl2FN2O5. The Morgan fingerprint density at radius 3 is 2.31 bits per heavy atom. The Labute approximate surface area is 261 Å². The summed E-state index contributed by atoms with van der Waals surface area (Å²) < 4.78 is 31.3. The number of esters is 1. The zero-order valence-electron chi connectivity index (χ0n) is 22.5. The molecule has 3 aromatic rings. The SMILES string of the molecule is NC(=O)C1(N2CCC(c3ccc(OCCOc4c(Cl)cc(F)cc4Cl)cc3)=C(C(=O)OCc3ccccc3Br)C2)CC1. The summed E-state index contributed by atoms with van der Waals surface area (Å²) in [5.74, 6) is -0.543. The third kappa shape index (κ3) is 6.75. The second kappa shape index (κ2) is 13.0. The Morgan fingerprint density at radius 2 is 1.67 bits per heavy atom. The van der Waals surface area contributed by atoms with Crippen LogP contribution in [-0.2, 0) is 20.9 Å². The summed E-state index contributed by atoms with van der Waals surface area (Å²) in [6.45, 7) is 1.33. The van der Waals surface area contributed by atoms with Gasteiger partial charge in [0.1, 0.15) is 36.9 Å². The lowest BCUT2D eigenvalue weighted by Gasteiger charge is -2.35. The normalized spacial score (nSPS) is 16.2. The van der Waals surface area contributed by atoms with E-state index in [9.17, 15) is 14.0 Å². The first-order chi connectivity index (χ1) is 20.2. The molecule has 0 unspecified atom stereocenters. The van der Waals surface area contributed by atoms with E-state index in [2.05, 4.69) is 15.9 Å². The molecule has 0 bridgehead atoms. The molecule has 7 nitrogen and oxygen atoms in total. The Hall–Kier alpha value is -3.11. The minimum atomic E-state index is -0.693. The van der Waals surface area contributed by atoms with Gasteiger partial charge in [-0.1, -0.05) is 69.5 Å². The van der Waals surface area contributed by atoms with Crippen molar-refractivity contribution in [2.75, 3.05) is 26.3 Å². The fourth-order valence-electron chi connectivity index (χ4n) is 5.04. The van der Waals surface area contributed by atoms with Gasteiger partial charge in [-0.3, -0.25) is 9.69 Å². The Bertz CT molecular complexity index is 1500. The van der Waals surface area contributed by atoms with E-state index in [1.54, 1.807) is 0 Å². The van der Waals surface area contributed by atoms with Gasteiger partial charge in [-0.25, -0.2) is 9.18 Å². The molecule has 1 heterocycles. The van der Waals surface area contributed by atoms with Crippen molar-refractivity contribution in [2.45, 2.75) is 31.4 Å². The van der Waals surface area contributed by atoms with Gasteiger partial charge in [-0.15, -0.1) is 0 Å². The highest BCUT2D eigenvalue weighted by molar-refractivity contribution is 9.10. The number of hydrogen-bond acceptors (Lipinski definition) is 6. The highest BCUT2D eigenvalue weighted by atomic mass is 79.9. The van der Waals surface area contributed by atoms with E-state index in [4.69, 9.17) is 43.1 Å². The van der Waals surface area contributed by atoms with Crippen LogP contribution in [0.4, 0.5) is 4.39 Å². The summed E-state index contributed by atoms with van der Waals surface area (Å²) in [6, 6.07) is 17.2. The minimum absolute atomic E-state index is 0.0813. The molecule has 42 heavy (non-hydrogen) atoms. The van der Waals surface area contributed by atoms with Crippen LogP contribution in [0.15, 0.2) is 70.7 Å². The van der Waals surface area contributed by atoms with Crippen molar-refractivity contribution in [3.8, 4) is 11.5 Å². The molecule has 1 fully saturated rings. The van der Waals surface area contributed by atoms with E-state index in [-0.39, 0.29) is 48.1 Å². The summed E-state index contributed by atoms with van der Waals surface area (Å²) in [5, 5.41) is 0.163. The predicted molar refractivity (Wildman–Crippen MR) is 162 cm³/mol. The Balaban J connectivity index is 1.28. The lowest BCUT2D eigenvalue weighted by atomic mass is 9.92. The number of nitrogens with zero attached hydrogens (tertiary/aromatic N) is 1. The minimum Gasteiger partial charge on any atom is -0.490 e. The van der Waals surface area contributed by atoms with Crippen molar-refractivity contribution >= 4 is 56.6 Å². The first-order valence-corrected chi connectivity index (χ1v) is 14.9. The number of primary amides is 1. The van der Waals surface area contributed by atoms with E-state index >= 15 is 0 Å². The van der Waals surface area contributed by atoms with Gasteiger partial charge in [0.15, 0.2) is 5.75 Å². The first kappa shape index (κ1) is 30.4. The average molecular weight is 678 g/mol. The number of carbonyl (C=O) groups excluding carboxylic acids is 2. The zero-order valence-corrected chi connectivity index (χ0v) is 25.6. The van der Waals surface area contributed by atoms with Crippen LogP contribution < -0.4 is 15.2 Å². The van der Waals surface area contributed by atoms with Crippen LogP contribution in [0.5, 0.6) is 11.5 Å². The van der Waals surface area contributed by atoms with Gasteiger partial charge in [0.05, 0.1) is 15.6 Å². The molecule has 0 spiro atoms. The molecule has 0 radical (unpaired) electrons. The van der Waals surface area contributed by atoms with Crippen LogP contribution in [0.25, 0.3) is 5.57 Å². The average Bonchev–Trinajstić information content (AvgIpc) is 3.78. The summed E-state index contributed by atoms with van der Waals surface area (Å²) in [4.78, 5) is 27.7. The molecule has 220 valence electrons. The maximum atomic E-state index is 13.4. The van der Waals surface area contributed by atoms with Gasteiger partial charge in [-0.2, -0.15) is 0 Å². The highest BCUT2D eigenvalue weighted by Crippen LogP contribution is 2.44. The van der Waals surface area contributed by atoms with Gasteiger partial charge in [0, 0.05) is 23.1 Å². The molecule has 0 atom stereocenters. The van der Waals surface area contributed by atoms with Crippen LogP contribution in [0.1, 0.15) is 30.4 Å². The summed E-state index contributed by atoms with van der Waals surface area (Å²) in [5.41, 5.74) is 8.12. The molecule has 2 N–H and O–H groups in total. The standard InChI is InChI=1S/C31H28BrCl2FN2O5/c32-25-4-2-1-3-20(25)18-42-29(38)24-17-37(31(10-11-31)30(36)39)12-9-23(24)19-5-7-22(8-6-19)40-13-14-41-28-26(33)15-21(35)16-27(28)34/h1-8,15-16H,9-14,17-18H2,(H2,36,39). The van der Waals surface area contributed by atoms with E-state index < -0.39 is 17.3 Å². The predicted octanol–water partition coefficient (Wildman–Crippen LogP) is 6.57. The summed E-state index contributed by atoms with van der Waals surface area (Å²) in [7, 11) is 0. The number of carbonyl (C=O) groups is 2. The molecule has 11 heteroatoms. The Kier molecular flexibility index (Phi) is 9.42. The molecule has 1 amide bonds. The molecule has 1 aliphatic heterocycles. The molecule has 1 aliphatic carbocycles. The number of amides is 1. The second-order valence-corrected chi connectivity index (χ2v) is 11.8. The monoisotopic (exact) mass is 676 g/mol. The number of halogens is 4. The fraction of sp³-hybridized carbons (Fsp3) is 0.290. The second-order valence-electron chi connectivity index (χ2n) is 10.1.